The van der Waals surface area contributed by atoms with Crippen molar-refractivity contribution >= 4 is 23.3 Å². The number of fused-ring (bicyclic) bond motifs is 1. The summed E-state index contributed by atoms with van der Waals surface area (Å²) in [4.78, 5) is 31.0. The monoisotopic (exact) mass is 454 g/mol. The van der Waals surface area contributed by atoms with Crippen LogP contribution in [-0.2, 0) is 9.53 Å². The molecule has 0 radical (unpaired) electrons. The maximum Gasteiger partial charge on any atom is 0.265 e. The molecule has 1 aliphatic heterocycles. The fourth-order valence-electron chi connectivity index (χ4n) is 3.44. The van der Waals surface area contributed by atoms with Crippen LogP contribution in [0, 0.1) is 5.82 Å². The van der Waals surface area contributed by atoms with Crippen LogP contribution in [0.4, 0.5) is 15.9 Å². The van der Waals surface area contributed by atoms with Crippen molar-refractivity contribution in [3.63, 3.8) is 0 Å². The van der Waals surface area contributed by atoms with Crippen molar-refractivity contribution < 1.29 is 23.5 Å². The van der Waals surface area contributed by atoms with E-state index in [0.717, 1.165) is 6.07 Å². The number of ether oxygens (including phenoxy) is 2. The van der Waals surface area contributed by atoms with Crippen LogP contribution in [0.1, 0.15) is 30.2 Å². The van der Waals surface area contributed by atoms with Crippen LogP contribution in [0.25, 0.3) is 11.5 Å². The number of nitrogens with one attached hydrogen (secondary N) is 1. The lowest BCUT2D eigenvalue weighted by Crippen LogP contribution is -2.41. The van der Waals surface area contributed by atoms with Crippen LogP contribution < -0.4 is 15.0 Å². The van der Waals surface area contributed by atoms with Gasteiger partial charge in [-0.05, 0) is 32.0 Å². The largest absolute Gasteiger partial charge is 0.481 e. The van der Waals surface area contributed by atoms with Crippen molar-refractivity contribution in [2.45, 2.75) is 19.9 Å². The molecular weight excluding hydrogens is 431 g/mol. The Hall–Kier alpha value is -3.86. The molecule has 0 fully saturated rings. The first-order valence-corrected chi connectivity index (χ1v) is 10.3. The van der Waals surface area contributed by atoms with Crippen molar-refractivity contribution in [1.82, 2.24) is 19.7 Å². The zero-order chi connectivity index (χ0) is 23.5. The van der Waals surface area contributed by atoms with Gasteiger partial charge in [-0.25, -0.2) is 9.37 Å². The number of hydrogen-bond donors (Lipinski definition) is 1. The minimum Gasteiger partial charge on any atom is -0.481 e. The van der Waals surface area contributed by atoms with E-state index in [9.17, 15) is 14.0 Å². The molecule has 11 heteroatoms. The number of methoxy groups -OCH3 is 1. The van der Waals surface area contributed by atoms with Gasteiger partial charge in [-0.1, -0.05) is 6.07 Å². The summed E-state index contributed by atoms with van der Waals surface area (Å²) in [6.45, 7) is 4.29. The highest BCUT2D eigenvalue weighted by Crippen LogP contribution is 2.34. The number of carbonyl (C=O) groups is 2. The molecule has 4 rings (SSSR count). The van der Waals surface area contributed by atoms with Crippen LogP contribution >= 0.6 is 0 Å². The molecule has 33 heavy (non-hydrogen) atoms. The fraction of sp³-hybridized carbons (Fsp3) is 0.318. The van der Waals surface area contributed by atoms with E-state index in [4.69, 9.17) is 9.47 Å². The van der Waals surface area contributed by atoms with Crippen molar-refractivity contribution in [2.75, 3.05) is 37.1 Å². The summed E-state index contributed by atoms with van der Waals surface area (Å²) < 4.78 is 27.0. The smallest absolute Gasteiger partial charge is 0.265 e. The number of anilines is 2. The fourth-order valence-corrected chi connectivity index (χ4v) is 3.44. The minimum atomic E-state index is -0.775. The van der Waals surface area contributed by atoms with E-state index in [-0.39, 0.29) is 48.8 Å². The van der Waals surface area contributed by atoms with E-state index < -0.39 is 11.7 Å². The SMILES string of the molecule is COCCN1C(=O)COc2cc(F)c(C(=O)Nc3cccc(-c4nncn4C(C)C)n3)cc21. The van der Waals surface area contributed by atoms with Gasteiger partial charge in [0.2, 0.25) is 0 Å². The summed E-state index contributed by atoms with van der Waals surface area (Å²) >= 11 is 0. The lowest BCUT2D eigenvalue weighted by molar-refractivity contribution is -0.121. The summed E-state index contributed by atoms with van der Waals surface area (Å²) in [5.74, 6) is -0.839. The molecule has 3 heterocycles. The zero-order valence-corrected chi connectivity index (χ0v) is 18.4. The second-order valence-electron chi connectivity index (χ2n) is 7.64. The lowest BCUT2D eigenvalue weighted by atomic mass is 10.1. The van der Waals surface area contributed by atoms with Crippen molar-refractivity contribution in [3.8, 4) is 17.3 Å². The third-order valence-electron chi connectivity index (χ3n) is 5.10. The van der Waals surface area contributed by atoms with E-state index in [1.165, 1.54) is 18.1 Å². The van der Waals surface area contributed by atoms with Crippen molar-refractivity contribution in [3.05, 3.63) is 48.0 Å². The zero-order valence-electron chi connectivity index (χ0n) is 18.4. The Bertz CT molecular complexity index is 1200. The first-order valence-electron chi connectivity index (χ1n) is 10.3. The molecule has 172 valence electrons. The Labute approximate surface area is 189 Å². The number of pyridine rings is 1. The highest BCUT2D eigenvalue weighted by Gasteiger charge is 2.28. The van der Waals surface area contributed by atoms with E-state index in [1.54, 1.807) is 24.5 Å². The quantitative estimate of drug-likeness (QED) is 0.584. The van der Waals surface area contributed by atoms with Gasteiger partial charge in [0, 0.05) is 25.8 Å². The maximum atomic E-state index is 14.7. The molecule has 2 aromatic heterocycles. The topological polar surface area (TPSA) is 111 Å². The average Bonchev–Trinajstić information content (AvgIpc) is 3.29. The van der Waals surface area contributed by atoms with E-state index >= 15 is 0 Å². The molecule has 10 nitrogen and oxygen atoms in total. The predicted octanol–water partition coefficient (Wildman–Crippen LogP) is 2.68. The molecule has 0 bridgehead atoms. The maximum absolute atomic E-state index is 14.7. The van der Waals surface area contributed by atoms with E-state index in [1.807, 2.05) is 18.4 Å². The van der Waals surface area contributed by atoms with Crippen LogP contribution in [0.5, 0.6) is 5.75 Å². The highest BCUT2D eigenvalue weighted by molar-refractivity contribution is 6.06. The predicted molar refractivity (Wildman–Crippen MR) is 118 cm³/mol. The van der Waals surface area contributed by atoms with Crippen LogP contribution in [0.3, 0.4) is 0 Å². The summed E-state index contributed by atoms with van der Waals surface area (Å²) in [5, 5.41) is 10.6. The van der Waals surface area contributed by atoms with Gasteiger partial charge in [0.15, 0.2) is 12.4 Å². The molecule has 0 aliphatic carbocycles. The van der Waals surface area contributed by atoms with Gasteiger partial charge in [-0.15, -0.1) is 10.2 Å². The average molecular weight is 454 g/mol. The first-order chi connectivity index (χ1) is 15.9. The number of halogens is 1. The molecule has 0 atom stereocenters. The number of carbonyl (C=O) groups excluding carboxylic acids is 2. The minimum absolute atomic E-state index is 0.116. The van der Waals surface area contributed by atoms with Gasteiger partial charge in [0.25, 0.3) is 11.8 Å². The van der Waals surface area contributed by atoms with Crippen LogP contribution in [-0.4, -0.2) is 58.4 Å². The number of benzene rings is 1. The van der Waals surface area contributed by atoms with Crippen LogP contribution in [0.15, 0.2) is 36.7 Å². The summed E-state index contributed by atoms with van der Waals surface area (Å²) in [6.07, 6.45) is 1.61. The molecule has 1 aromatic carbocycles. The van der Waals surface area contributed by atoms with Gasteiger partial charge >= 0.3 is 0 Å². The molecule has 2 amide bonds. The molecule has 0 saturated heterocycles. The normalized spacial score (nSPS) is 13.1. The van der Waals surface area contributed by atoms with Gasteiger partial charge in [-0.2, -0.15) is 0 Å². The highest BCUT2D eigenvalue weighted by atomic mass is 19.1. The van der Waals surface area contributed by atoms with Gasteiger partial charge < -0.3 is 24.3 Å². The van der Waals surface area contributed by atoms with E-state index in [2.05, 4.69) is 20.5 Å². The van der Waals surface area contributed by atoms with E-state index in [0.29, 0.717) is 17.2 Å². The molecule has 3 aromatic rings. The molecule has 0 unspecified atom stereocenters. The van der Waals surface area contributed by atoms with Gasteiger partial charge in [0.05, 0.1) is 17.9 Å². The second-order valence-corrected chi connectivity index (χ2v) is 7.64. The third kappa shape index (κ3) is 4.53. The lowest BCUT2D eigenvalue weighted by Gasteiger charge is -2.29. The molecule has 0 spiro atoms. The van der Waals surface area contributed by atoms with Crippen LogP contribution in [0.2, 0.25) is 0 Å². The third-order valence-corrected chi connectivity index (χ3v) is 5.10. The number of hydrogen-bond acceptors (Lipinski definition) is 7. The Morgan fingerprint density at radius 1 is 1.33 bits per heavy atom. The Kier molecular flexibility index (Phi) is 6.31. The molecule has 1 aliphatic rings. The van der Waals surface area contributed by atoms with Crippen molar-refractivity contribution in [2.24, 2.45) is 0 Å². The molecular formula is C22H23FN6O4. The summed E-state index contributed by atoms with van der Waals surface area (Å²) in [5.41, 5.74) is 0.572. The van der Waals surface area contributed by atoms with Gasteiger partial charge in [-0.3, -0.25) is 9.59 Å². The van der Waals surface area contributed by atoms with Crippen molar-refractivity contribution in [1.29, 1.82) is 0 Å². The number of aromatic nitrogens is 4. The number of rotatable bonds is 7. The van der Waals surface area contributed by atoms with Gasteiger partial charge in [0.1, 0.15) is 29.4 Å². The number of amides is 2. The Morgan fingerprint density at radius 2 is 2.15 bits per heavy atom. The number of nitrogens with zero attached hydrogens (tertiary/aromatic N) is 5. The Morgan fingerprint density at radius 3 is 2.91 bits per heavy atom. The first kappa shape index (κ1) is 22.3. The standard InChI is InChI=1S/C22H23FN6O4/c1-13(2)29-12-24-27-21(29)16-5-4-6-19(25-16)26-22(31)14-9-17-18(10-15(14)23)33-11-20(30)28(17)7-8-32-3/h4-6,9-10,12-13H,7-8,11H2,1-3H3,(H,25,26,31). The molecule has 0 saturated carbocycles. The Balaban J connectivity index is 1.61. The summed E-state index contributed by atoms with van der Waals surface area (Å²) in [7, 11) is 1.51. The summed E-state index contributed by atoms with van der Waals surface area (Å²) in [6, 6.07) is 7.56. The second kappa shape index (κ2) is 9.33. The molecule has 1 N–H and O–H groups in total.